The first kappa shape index (κ1) is 14.3. The third kappa shape index (κ3) is 3.13. The second kappa shape index (κ2) is 5.25. The fraction of sp³-hybridized carbons (Fsp3) is 0.333. The van der Waals surface area contributed by atoms with Crippen molar-refractivity contribution in [2.24, 2.45) is 5.73 Å². The highest BCUT2D eigenvalue weighted by molar-refractivity contribution is 5.76. The van der Waals surface area contributed by atoms with E-state index in [1.165, 1.54) is 0 Å². The summed E-state index contributed by atoms with van der Waals surface area (Å²) >= 11 is 0. The van der Waals surface area contributed by atoms with Gasteiger partial charge in [0.2, 0.25) is 0 Å². The molecule has 0 unspecified atom stereocenters. The van der Waals surface area contributed by atoms with Crippen LogP contribution in [0, 0.1) is 0 Å². The average Bonchev–Trinajstić information content (AvgIpc) is 2.25. The molecule has 0 spiro atoms. The number of rotatable bonds is 4. The molecule has 0 saturated carbocycles. The maximum atomic E-state index is 12.5. The standard InChI is InChI=1S/C9H7F5N2O2/c10-8(11)5-2-16-6(3-17)4(1-15)7(5)18-9(12,13)14/h2-3,8H,1,15H2. The number of hydrogen-bond acceptors (Lipinski definition) is 4. The normalized spacial score (nSPS) is 11.7. The third-order valence-corrected chi connectivity index (χ3v) is 1.96. The van der Waals surface area contributed by atoms with E-state index in [0.29, 0.717) is 6.20 Å². The van der Waals surface area contributed by atoms with Gasteiger partial charge in [0.05, 0.1) is 5.56 Å². The van der Waals surface area contributed by atoms with Crippen molar-refractivity contribution in [2.45, 2.75) is 19.3 Å². The van der Waals surface area contributed by atoms with Gasteiger partial charge >= 0.3 is 6.36 Å². The van der Waals surface area contributed by atoms with Gasteiger partial charge in [-0.3, -0.25) is 9.78 Å². The Kier molecular flexibility index (Phi) is 4.17. The Morgan fingerprint density at radius 2 is 2.06 bits per heavy atom. The molecule has 1 aromatic heterocycles. The molecule has 0 saturated heterocycles. The van der Waals surface area contributed by atoms with Gasteiger partial charge in [-0.15, -0.1) is 13.2 Å². The Labute approximate surface area is 97.6 Å². The molecule has 2 N–H and O–H groups in total. The molecule has 0 fully saturated rings. The minimum Gasteiger partial charge on any atom is -0.405 e. The zero-order valence-corrected chi connectivity index (χ0v) is 8.67. The number of aromatic nitrogens is 1. The Bertz CT molecular complexity index is 447. The topological polar surface area (TPSA) is 65.2 Å². The SMILES string of the molecule is NCc1c(C=O)ncc(C(F)F)c1OC(F)(F)F. The smallest absolute Gasteiger partial charge is 0.405 e. The molecule has 18 heavy (non-hydrogen) atoms. The summed E-state index contributed by atoms with van der Waals surface area (Å²) in [4.78, 5) is 13.8. The van der Waals surface area contributed by atoms with Gasteiger partial charge < -0.3 is 10.5 Å². The van der Waals surface area contributed by atoms with Crippen LogP contribution >= 0.6 is 0 Å². The van der Waals surface area contributed by atoms with E-state index in [4.69, 9.17) is 5.73 Å². The Balaban J connectivity index is 3.43. The summed E-state index contributed by atoms with van der Waals surface area (Å²) in [6.07, 6.45) is -7.84. The molecule has 0 amide bonds. The number of carbonyl (C=O) groups is 1. The monoisotopic (exact) mass is 270 g/mol. The lowest BCUT2D eigenvalue weighted by Gasteiger charge is -2.16. The number of ether oxygens (including phenoxy) is 1. The lowest BCUT2D eigenvalue weighted by Crippen LogP contribution is -2.21. The first-order chi connectivity index (χ1) is 8.30. The summed E-state index contributed by atoms with van der Waals surface area (Å²) in [6, 6.07) is 0. The molecular weight excluding hydrogens is 263 g/mol. The molecule has 1 heterocycles. The Hall–Kier alpha value is -1.77. The largest absolute Gasteiger partial charge is 0.573 e. The molecule has 0 aliphatic heterocycles. The van der Waals surface area contributed by atoms with Crippen molar-refractivity contribution >= 4 is 6.29 Å². The maximum Gasteiger partial charge on any atom is 0.573 e. The summed E-state index contributed by atoms with van der Waals surface area (Å²) in [6.45, 7) is -0.590. The summed E-state index contributed by atoms with van der Waals surface area (Å²) < 4.78 is 64.9. The third-order valence-electron chi connectivity index (χ3n) is 1.96. The van der Waals surface area contributed by atoms with E-state index in [-0.39, 0.29) is 6.29 Å². The van der Waals surface area contributed by atoms with Gasteiger partial charge in [0.1, 0.15) is 11.4 Å². The van der Waals surface area contributed by atoms with Gasteiger partial charge in [-0.2, -0.15) is 0 Å². The quantitative estimate of drug-likeness (QED) is 0.672. The van der Waals surface area contributed by atoms with Gasteiger partial charge in [0, 0.05) is 18.3 Å². The molecule has 0 bridgehead atoms. The van der Waals surface area contributed by atoms with Gasteiger partial charge in [-0.1, -0.05) is 0 Å². The number of pyridine rings is 1. The van der Waals surface area contributed by atoms with E-state index >= 15 is 0 Å². The Morgan fingerprint density at radius 1 is 1.44 bits per heavy atom. The van der Waals surface area contributed by atoms with E-state index in [2.05, 4.69) is 9.72 Å². The van der Waals surface area contributed by atoms with Crippen LogP contribution in [0.15, 0.2) is 6.20 Å². The van der Waals surface area contributed by atoms with Crippen molar-refractivity contribution in [3.63, 3.8) is 0 Å². The van der Waals surface area contributed by atoms with Crippen molar-refractivity contribution in [2.75, 3.05) is 0 Å². The van der Waals surface area contributed by atoms with Crippen molar-refractivity contribution in [1.29, 1.82) is 0 Å². The fourth-order valence-electron chi connectivity index (χ4n) is 1.26. The number of alkyl halides is 5. The van der Waals surface area contributed by atoms with E-state index < -0.39 is 41.9 Å². The van der Waals surface area contributed by atoms with Gasteiger partial charge in [-0.25, -0.2) is 8.78 Å². The van der Waals surface area contributed by atoms with Crippen molar-refractivity contribution in [1.82, 2.24) is 4.98 Å². The van der Waals surface area contributed by atoms with E-state index in [0.717, 1.165) is 0 Å². The van der Waals surface area contributed by atoms with E-state index in [9.17, 15) is 26.7 Å². The molecule has 4 nitrogen and oxygen atoms in total. The van der Waals surface area contributed by atoms with Crippen LogP contribution in [0.1, 0.15) is 28.0 Å². The van der Waals surface area contributed by atoms with Crippen LogP contribution in [0.2, 0.25) is 0 Å². The summed E-state index contributed by atoms with van der Waals surface area (Å²) in [7, 11) is 0. The number of aldehydes is 1. The molecule has 9 heteroatoms. The van der Waals surface area contributed by atoms with Crippen molar-refractivity contribution < 1.29 is 31.5 Å². The second-order valence-electron chi connectivity index (χ2n) is 3.08. The maximum absolute atomic E-state index is 12.5. The van der Waals surface area contributed by atoms with E-state index in [1.54, 1.807) is 0 Å². The number of nitrogens with zero attached hydrogens (tertiary/aromatic N) is 1. The zero-order valence-electron chi connectivity index (χ0n) is 8.67. The Morgan fingerprint density at radius 3 is 2.44 bits per heavy atom. The average molecular weight is 270 g/mol. The van der Waals surface area contributed by atoms with Crippen molar-refractivity contribution in [3.8, 4) is 5.75 Å². The molecule has 1 aromatic rings. The van der Waals surface area contributed by atoms with Crippen LogP contribution in [0.3, 0.4) is 0 Å². The highest BCUT2D eigenvalue weighted by Crippen LogP contribution is 2.36. The molecule has 0 aromatic carbocycles. The highest BCUT2D eigenvalue weighted by atomic mass is 19.4. The molecule has 0 radical (unpaired) electrons. The summed E-state index contributed by atoms with van der Waals surface area (Å²) in [5, 5.41) is 0. The van der Waals surface area contributed by atoms with Crippen LogP contribution < -0.4 is 10.5 Å². The molecular formula is C9H7F5N2O2. The van der Waals surface area contributed by atoms with Crippen LogP contribution in [0.4, 0.5) is 22.0 Å². The predicted octanol–water partition coefficient (Wildman–Crippen LogP) is 2.19. The van der Waals surface area contributed by atoms with E-state index in [1.807, 2.05) is 0 Å². The molecule has 0 aliphatic carbocycles. The number of halogens is 5. The number of hydrogen-bond donors (Lipinski definition) is 1. The first-order valence-corrected chi connectivity index (χ1v) is 4.51. The molecule has 0 atom stereocenters. The van der Waals surface area contributed by atoms with Crippen LogP contribution in [0.25, 0.3) is 0 Å². The van der Waals surface area contributed by atoms with Gasteiger partial charge in [-0.05, 0) is 0 Å². The van der Waals surface area contributed by atoms with Crippen LogP contribution in [0.5, 0.6) is 5.75 Å². The molecule has 0 aliphatic rings. The van der Waals surface area contributed by atoms with Crippen molar-refractivity contribution in [3.05, 3.63) is 23.0 Å². The van der Waals surface area contributed by atoms with Gasteiger partial charge in [0.15, 0.2) is 6.29 Å². The van der Waals surface area contributed by atoms with Crippen LogP contribution in [-0.2, 0) is 6.54 Å². The lowest BCUT2D eigenvalue weighted by molar-refractivity contribution is -0.275. The number of carbonyl (C=O) groups excluding carboxylic acids is 1. The lowest BCUT2D eigenvalue weighted by atomic mass is 10.1. The number of nitrogens with two attached hydrogens (primary N) is 1. The zero-order chi connectivity index (χ0) is 13.9. The minimum absolute atomic E-state index is 0.112. The first-order valence-electron chi connectivity index (χ1n) is 4.51. The summed E-state index contributed by atoms with van der Waals surface area (Å²) in [5.41, 5.74) is 3.07. The fourth-order valence-corrected chi connectivity index (χ4v) is 1.26. The second-order valence-corrected chi connectivity index (χ2v) is 3.08. The predicted molar refractivity (Wildman–Crippen MR) is 49.2 cm³/mol. The minimum atomic E-state index is -5.17. The highest BCUT2D eigenvalue weighted by Gasteiger charge is 2.35. The van der Waals surface area contributed by atoms with Gasteiger partial charge in [0.25, 0.3) is 6.43 Å². The molecule has 1 rings (SSSR count). The molecule has 100 valence electrons. The summed E-state index contributed by atoms with van der Waals surface area (Å²) in [5.74, 6) is -1.17. The van der Waals surface area contributed by atoms with Crippen LogP contribution in [-0.4, -0.2) is 17.6 Å².